The molecule has 2 unspecified atom stereocenters. The summed E-state index contributed by atoms with van der Waals surface area (Å²) in [5, 5.41) is 12.8. The summed E-state index contributed by atoms with van der Waals surface area (Å²) in [5.41, 5.74) is 1.53. The largest absolute Gasteiger partial charge is 0.396 e. The SMILES string of the molecule is COCC(CCO)NC(CC(C)(C)C)c1ccccc1. The third-order valence-electron chi connectivity index (χ3n) is 3.30. The van der Waals surface area contributed by atoms with Gasteiger partial charge in [0, 0.05) is 25.8 Å². The lowest BCUT2D eigenvalue weighted by molar-refractivity contribution is 0.137. The van der Waals surface area contributed by atoms with Crippen LogP contribution in [-0.4, -0.2) is 31.5 Å². The molecule has 0 aromatic heterocycles. The van der Waals surface area contributed by atoms with E-state index in [-0.39, 0.29) is 24.1 Å². The first-order chi connectivity index (χ1) is 9.46. The topological polar surface area (TPSA) is 41.5 Å². The van der Waals surface area contributed by atoms with Crippen LogP contribution in [0, 0.1) is 5.41 Å². The number of benzene rings is 1. The van der Waals surface area contributed by atoms with Crippen molar-refractivity contribution in [2.24, 2.45) is 5.41 Å². The molecular formula is C17H29NO2. The molecule has 1 aromatic carbocycles. The molecule has 1 aromatic rings. The molecule has 0 aliphatic heterocycles. The average Bonchev–Trinajstić information content (AvgIpc) is 2.38. The van der Waals surface area contributed by atoms with Gasteiger partial charge < -0.3 is 15.2 Å². The summed E-state index contributed by atoms with van der Waals surface area (Å²) in [5.74, 6) is 0. The minimum Gasteiger partial charge on any atom is -0.396 e. The van der Waals surface area contributed by atoms with E-state index in [0.717, 1.165) is 6.42 Å². The second kappa shape index (κ2) is 8.40. The molecule has 2 N–H and O–H groups in total. The molecule has 0 saturated heterocycles. The lowest BCUT2D eigenvalue weighted by Crippen LogP contribution is -2.38. The van der Waals surface area contributed by atoms with Crippen molar-refractivity contribution in [1.29, 1.82) is 0 Å². The van der Waals surface area contributed by atoms with Crippen LogP contribution in [0.25, 0.3) is 0 Å². The molecule has 0 aliphatic carbocycles. The fourth-order valence-corrected chi connectivity index (χ4v) is 2.43. The highest BCUT2D eigenvalue weighted by Crippen LogP contribution is 2.29. The standard InChI is InChI=1S/C17H29NO2/c1-17(2,3)12-16(14-8-6-5-7-9-14)18-15(10-11-19)13-20-4/h5-9,15-16,18-19H,10-13H2,1-4H3. The van der Waals surface area contributed by atoms with Gasteiger partial charge in [-0.15, -0.1) is 0 Å². The fourth-order valence-electron chi connectivity index (χ4n) is 2.43. The lowest BCUT2D eigenvalue weighted by Gasteiger charge is -2.30. The highest BCUT2D eigenvalue weighted by Gasteiger charge is 2.22. The van der Waals surface area contributed by atoms with E-state index in [0.29, 0.717) is 13.0 Å². The summed E-state index contributed by atoms with van der Waals surface area (Å²) < 4.78 is 5.25. The smallest absolute Gasteiger partial charge is 0.0616 e. The van der Waals surface area contributed by atoms with Gasteiger partial charge in [-0.3, -0.25) is 0 Å². The number of methoxy groups -OCH3 is 1. The number of nitrogens with one attached hydrogen (secondary N) is 1. The molecule has 3 nitrogen and oxygen atoms in total. The molecule has 0 radical (unpaired) electrons. The van der Waals surface area contributed by atoms with Crippen LogP contribution in [0.2, 0.25) is 0 Å². The van der Waals surface area contributed by atoms with E-state index in [1.165, 1.54) is 5.56 Å². The molecule has 3 heteroatoms. The van der Waals surface area contributed by atoms with Crippen LogP contribution >= 0.6 is 0 Å². The van der Waals surface area contributed by atoms with Crippen LogP contribution in [0.15, 0.2) is 30.3 Å². The van der Waals surface area contributed by atoms with Crippen LogP contribution in [0.1, 0.15) is 45.2 Å². The Balaban J connectivity index is 2.81. The Morgan fingerprint density at radius 3 is 2.35 bits per heavy atom. The maximum atomic E-state index is 9.18. The van der Waals surface area contributed by atoms with Crippen molar-refractivity contribution in [3.05, 3.63) is 35.9 Å². The lowest BCUT2D eigenvalue weighted by atomic mass is 9.85. The minimum absolute atomic E-state index is 0.178. The van der Waals surface area contributed by atoms with E-state index in [4.69, 9.17) is 4.74 Å². The van der Waals surface area contributed by atoms with Gasteiger partial charge in [0.1, 0.15) is 0 Å². The van der Waals surface area contributed by atoms with E-state index in [2.05, 4.69) is 50.4 Å². The van der Waals surface area contributed by atoms with Gasteiger partial charge in [-0.05, 0) is 23.8 Å². The molecule has 2 atom stereocenters. The zero-order chi connectivity index (χ0) is 15.0. The third-order valence-corrected chi connectivity index (χ3v) is 3.30. The first kappa shape index (κ1) is 17.2. The highest BCUT2D eigenvalue weighted by molar-refractivity contribution is 5.19. The van der Waals surface area contributed by atoms with Gasteiger partial charge in [0.25, 0.3) is 0 Å². The molecule has 0 saturated carbocycles. The normalized spacial score (nSPS) is 15.1. The van der Waals surface area contributed by atoms with Crippen molar-refractivity contribution in [2.45, 2.75) is 45.7 Å². The maximum absolute atomic E-state index is 9.18. The quantitative estimate of drug-likeness (QED) is 0.768. The first-order valence-electron chi connectivity index (χ1n) is 7.37. The Labute approximate surface area is 123 Å². The molecule has 0 aliphatic rings. The summed E-state index contributed by atoms with van der Waals surface area (Å²) in [6, 6.07) is 11.0. The van der Waals surface area contributed by atoms with E-state index < -0.39 is 0 Å². The summed E-state index contributed by atoms with van der Waals surface area (Å²) in [4.78, 5) is 0. The van der Waals surface area contributed by atoms with Crippen molar-refractivity contribution >= 4 is 0 Å². The van der Waals surface area contributed by atoms with Crippen LogP contribution in [0.4, 0.5) is 0 Å². The number of aliphatic hydroxyl groups excluding tert-OH is 1. The van der Waals surface area contributed by atoms with Gasteiger partial charge in [0.05, 0.1) is 6.61 Å². The predicted octanol–water partition coefficient (Wildman–Crippen LogP) is 3.15. The van der Waals surface area contributed by atoms with Gasteiger partial charge in [-0.2, -0.15) is 0 Å². The van der Waals surface area contributed by atoms with Crippen LogP contribution in [0.5, 0.6) is 0 Å². The van der Waals surface area contributed by atoms with Crippen LogP contribution in [0.3, 0.4) is 0 Å². The van der Waals surface area contributed by atoms with E-state index in [9.17, 15) is 5.11 Å². The minimum atomic E-state index is 0.178. The number of ether oxygens (including phenoxy) is 1. The fraction of sp³-hybridized carbons (Fsp3) is 0.647. The molecular weight excluding hydrogens is 250 g/mol. The van der Waals surface area contributed by atoms with Crippen molar-refractivity contribution in [2.75, 3.05) is 20.3 Å². The first-order valence-corrected chi connectivity index (χ1v) is 7.37. The monoisotopic (exact) mass is 279 g/mol. The predicted molar refractivity (Wildman–Crippen MR) is 83.8 cm³/mol. The Kier molecular flexibility index (Phi) is 7.20. The molecule has 20 heavy (non-hydrogen) atoms. The van der Waals surface area contributed by atoms with Gasteiger partial charge >= 0.3 is 0 Å². The highest BCUT2D eigenvalue weighted by atomic mass is 16.5. The third kappa shape index (κ3) is 6.51. The zero-order valence-corrected chi connectivity index (χ0v) is 13.2. The Morgan fingerprint density at radius 2 is 1.85 bits per heavy atom. The second-order valence-corrected chi connectivity index (χ2v) is 6.56. The number of rotatable bonds is 8. The van der Waals surface area contributed by atoms with Crippen LogP contribution in [-0.2, 0) is 4.74 Å². The van der Waals surface area contributed by atoms with Crippen molar-refractivity contribution < 1.29 is 9.84 Å². The average molecular weight is 279 g/mol. The second-order valence-electron chi connectivity index (χ2n) is 6.56. The summed E-state index contributed by atoms with van der Waals surface area (Å²) in [6.45, 7) is 7.55. The van der Waals surface area contributed by atoms with E-state index in [1.807, 2.05) is 6.07 Å². The summed E-state index contributed by atoms with van der Waals surface area (Å²) in [7, 11) is 1.70. The van der Waals surface area contributed by atoms with Crippen molar-refractivity contribution in [3.8, 4) is 0 Å². The van der Waals surface area contributed by atoms with Gasteiger partial charge in [0.2, 0.25) is 0 Å². The number of hydrogen-bond donors (Lipinski definition) is 2. The summed E-state index contributed by atoms with van der Waals surface area (Å²) >= 11 is 0. The van der Waals surface area contributed by atoms with Crippen molar-refractivity contribution in [3.63, 3.8) is 0 Å². The summed E-state index contributed by atoms with van der Waals surface area (Å²) in [6.07, 6.45) is 1.75. The Hall–Kier alpha value is -0.900. The Bertz CT molecular complexity index is 353. The van der Waals surface area contributed by atoms with Gasteiger partial charge in [-0.1, -0.05) is 51.1 Å². The van der Waals surface area contributed by atoms with Crippen LogP contribution < -0.4 is 5.32 Å². The van der Waals surface area contributed by atoms with E-state index >= 15 is 0 Å². The maximum Gasteiger partial charge on any atom is 0.0616 e. The molecule has 0 spiro atoms. The van der Waals surface area contributed by atoms with Gasteiger partial charge in [-0.25, -0.2) is 0 Å². The van der Waals surface area contributed by atoms with E-state index in [1.54, 1.807) is 7.11 Å². The number of aliphatic hydroxyl groups is 1. The molecule has 0 bridgehead atoms. The molecule has 0 heterocycles. The molecule has 0 amide bonds. The number of hydrogen-bond acceptors (Lipinski definition) is 3. The van der Waals surface area contributed by atoms with Gasteiger partial charge in [0.15, 0.2) is 0 Å². The Morgan fingerprint density at radius 1 is 1.20 bits per heavy atom. The van der Waals surface area contributed by atoms with Crippen molar-refractivity contribution in [1.82, 2.24) is 5.32 Å². The molecule has 1 rings (SSSR count). The molecule has 0 fully saturated rings. The molecule has 114 valence electrons. The zero-order valence-electron chi connectivity index (χ0n) is 13.2.